The number of hydrogen-bond acceptors (Lipinski definition) is 0. The van der Waals surface area contributed by atoms with E-state index in [4.69, 9.17) is 0 Å². The average molecular weight is 487 g/mol. The number of benzene rings is 4. The number of allylic oxidation sites excluding steroid dienone is 1. The van der Waals surface area contributed by atoms with Crippen molar-refractivity contribution in [1.29, 1.82) is 0 Å². The standard InChI is InChI=1S/C31H23.Zr/c1-21-28(22-11-4-2-5-12-22)20-25-16-10-18-27(30(21)25)31-26-17-9-8-15-24(26)19-29(31)23-13-6-3-7-14-23;/h2-20,31H,1H3;/q-1;. The van der Waals surface area contributed by atoms with Crippen LogP contribution in [0.3, 0.4) is 0 Å². The Morgan fingerprint density at radius 1 is 0.625 bits per heavy atom. The third-order valence-electron chi connectivity index (χ3n) is 6.64. The molecule has 0 amide bonds. The summed E-state index contributed by atoms with van der Waals surface area (Å²) in [5, 5.41) is 2.72. The van der Waals surface area contributed by atoms with E-state index in [1.165, 1.54) is 55.3 Å². The number of rotatable bonds is 3. The summed E-state index contributed by atoms with van der Waals surface area (Å²) >= 11 is 0. The molecule has 0 bridgehead atoms. The van der Waals surface area contributed by atoms with Crippen molar-refractivity contribution in [3.05, 3.63) is 137 Å². The summed E-state index contributed by atoms with van der Waals surface area (Å²) < 4.78 is 0. The molecular weight excluding hydrogens is 464 g/mol. The molecule has 0 saturated carbocycles. The molecule has 0 fully saturated rings. The third kappa shape index (κ3) is 3.37. The maximum atomic E-state index is 2.38. The fourth-order valence-corrected chi connectivity index (χ4v) is 5.24. The Labute approximate surface area is 208 Å². The fraction of sp³-hybridized carbons (Fsp3) is 0.0645. The molecule has 0 saturated heterocycles. The summed E-state index contributed by atoms with van der Waals surface area (Å²) in [5.41, 5.74) is 10.8. The van der Waals surface area contributed by atoms with E-state index in [0.29, 0.717) is 0 Å². The van der Waals surface area contributed by atoms with Crippen LogP contribution >= 0.6 is 0 Å². The van der Waals surface area contributed by atoms with Crippen LogP contribution < -0.4 is 0 Å². The molecular formula is C31H23Zr-. The third-order valence-corrected chi connectivity index (χ3v) is 6.64. The van der Waals surface area contributed by atoms with Gasteiger partial charge in [0.2, 0.25) is 0 Å². The van der Waals surface area contributed by atoms with Gasteiger partial charge in [0, 0.05) is 32.1 Å². The molecule has 1 heteroatoms. The largest absolute Gasteiger partial charge is 0.133 e. The number of hydrogen-bond donors (Lipinski definition) is 0. The van der Waals surface area contributed by atoms with Gasteiger partial charge < -0.3 is 0 Å². The molecule has 152 valence electrons. The first kappa shape index (κ1) is 21.0. The Balaban J connectivity index is 0.00000216. The van der Waals surface area contributed by atoms with E-state index < -0.39 is 0 Å². The van der Waals surface area contributed by atoms with Gasteiger partial charge in [-0.1, -0.05) is 115 Å². The van der Waals surface area contributed by atoms with Gasteiger partial charge in [-0.25, -0.2) is 0 Å². The van der Waals surface area contributed by atoms with Gasteiger partial charge in [-0.3, -0.25) is 0 Å². The smallest absolute Gasteiger partial charge is 0.0282 e. The van der Waals surface area contributed by atoms with Gasteiger partial charge in [-0.05, 0) is 28.3 Å². The van der Waals surface area contributed by atoms with E-state index in [9.17, 15) is 0 Å². The molecule has 1 unspecified atom stereocenters. The maximum absolute atomic E-state index is 2.38. The molecule has 0 aliphatic heterocycles. The zero-order valence-electron chi connectivity index (χ0n) is 18.0. The normalized spacial score (nSPS) is 14.7. The molecule has 0 radical (unpaired) electrons. The van der Waals surface area contributed by atoms with Crippen LogP contribution in [0.2, 0.25) is 0 Å². The molecule has 1 atom stereocenters. The minimum absolute atomic E-state index is 0. The van der Waals surface area contributed by atoms with Crippen molar-refractivity contribution in [1.82, 2.24) is 0 Å². The average Bonchev–Trinajstić information content (AvgIpc) is 3.38. The topological polar surface area (TPSA) is 0 Å². The van der Waals surface area contributed by atoms with Gasteiger partial charge in [0.25, 0.3) is 0 Å². The SMILES string of the molecule is Cc1c(-c2ccccc2)[cH-]c2cccc(C3C(c4ccccc4)=Cc4ccccc43)c12.[Zr]. The van der Waals surface area contributed by atoms with E-state index in [-0.39, 0.29) is 32.1 Å². The first-order chi connectivity index (χ1) is 15.3. The first-order valence-corrected chi connectivity index (χ1v) is 10.9. The molecule has 1 aliphatic rings. The van der Waals surface area contributed by atoms with Crippen molar-refractivity contribution < 1.29 is 26.2 Å². The molecule has 0 N–H and O–H groups in total. The van der Waals surface area contributed by atoms with Crippen molar-refractivity contribution in [2.75, 3.05) is 0 Å². The van der Waals surface area contributed by atoms with Gasteiger partial charge in [-0.15, -0.1) is 34.0 Å². The van der Waals surface area contributed by atoms with Gasteiger partial charge >= 0.3 is 0 Å². The summed E-state index contributed by atoms with van der Waals surface area (Å²) in [6.45, 7) is 2.28. The van der Waals surface area contributed by atoms with Crippen LogP contribution in [0.25, 0.3) is 33.5 Å². The first-order valence-electron chi connectivity index (χ1n) is 10.9. The molecule has 5 aromatic rings. The van der Waals surface area contributed by atoms with Crippen LogP contribution in [-0.2, 0) is 26.2 Å². The minimum atomic E-state index is 0. The van der Waals surface area contributed by atoms with E-state index in [1.54, 1.807) is 0 Å². The van der Waals surface area contributed by atoms with Gasteiger partial charge in [0.05, 0.1) is 0 Å². The second-order valence-corrected chi connectivity index (χ2v) is 8.39. The predicted octanol–water partition coefficient (Wildman–Crippen LogP) is 8.22. The van der Waals surface area contributed by atoms with Crippen LogP contribution in [-0.4, -0.2) is 0 Å². The van der Waals surface area contributed by atoms with Crippen LogP contribution in [0.1, 0.15) is 33.7 Å². The van der Waals surface area contributed by atoms with Gasteiger partial charge in [0.1, 0.15) is 0 Å². The van der Waals surface area contributed by atoms with Crippen molar-refractivity contribution in [2.24, 2.45) is 0 Å². The van der Waals surface area contributed by atoms with Crippen LogP contribution in [0, 0.1) is 6.92 Å². The van der Waals surface area contributed by atoms with Crippen molar-refractivity contribution in [2.45, 2.75) is 12.8 Å². The minimum Gasteiger partial charge on any atom is -0.133 e. The molecule has 0 aromatic heterocycles. The van der Waals surface area contributed by atoms with E-state index in [1.807, 2.05) is 0 Å². The molecule has 1 aliphatic carbocycles. The van der Waals surface area contributed by atoms with Crippen molar-refractivity contribution in [3.63, 3.8) is 0 Å². The van der Waals surface area contributed by atoms with Gasteiger partial charge in [0.15, 0.2) is 0 Å². The molecule has 0 spiro atoms. The van der Waals surface area contributed by atoms with E-state index >= 15 is 0 Å². The maximum Gasteiger partial charge on any atom is 0.0282 e. The quantitative estimate of drug-likeness (QED) is 0.225. The molecule has 32 heavy (non-hydrogen) atoms. The Bertz CT molecular complexity index is 1420. The summed E-state index contributed by atoms with van der Waals surface area (Å²) in [5.74, 6) is 0.243. The summed E-state index contributed by atoms with van der Waals surface area (Å²) in [4.78, 5) is 0. The summed E-state index contributed by atoms with van der Waals surface area (Å²) in [6.07, 6.45) is 2.38. The van der Waals surface area contributed by atoms with E-state index in [2.05, 4.69) is 122 Å². The van der Waals surface area contributed by atoms with Crippen LogP contribution in [0.5, 0.6) is 0 Å². The fourth-order valence-electron chi connectivity index (χ4n) is 5.24. The van der Waals surface area contributed by atoms with Crippen LogP contribution in [0.15, 0.2) is 109 Å². The Morgan fingerprint density at radius 2 is 1.25 bits per heavy atom. The van der Waals surface area contributed by atoms with Gasteiger partial charge in [-0.2, -0.15) is 0 Å². The van der Waals surface area contributed by atoms with E-state index in [0.717, 1.165) is 0 Å². The monoisotopic (exact) mass is 485 g/mol. The van der Waals surface area contributed by atoms with Crippen molar-refractivity contribution in [3.8, 4) is 11.1 Å². The predicted molar refractivity (Wildman–Crippen MR) is 132 cm³/mol. The summed E-state index contributed by atoms with van der Waals surface area (Å²) in [6, 6.07) is 39.6. The Morgan fingerprint density at radius 3 is 2.00 bits per heavy atom. The second-order valence-electron chi connectivity index (χ2n) is 8.39. The molecule has 0 heterocycles. The molecule has 0 nitrogen and oxygen atoms in total. The van der Waals surface area contributed by atoms with Crippen molar-refractivity contribution >= 4 is 22.4 Å². The van der Waals surface area contributed by atoms with Crippen LogP contribution in [0.4, 0.5) is 0 Å². The molecule has 5 aromatic carbocycles. The summed E-state index contributed by atoms with van der Waals surface area (Å²) in [7, 11) is 0. The zero-order chi connectivity index (χ0) is 20.8. The number of fused-ring (bicyclic) bond motifs is 2. The number of aryl methyl sites for hydroxylation is 1. The Kier molecular flexibility index (Phi) is 5.62. The Hall–Kier alpha value is -2.89. The second kappa shape index (κ2) is 8.57. The molecule has 6 rings (SSSR count). The zero-order valence-corrected chi connectivity index (χ0v) is 20.5.